The van der Waals surface area contributed by atoms with E-state index in [9.17, 15) is 18.0 Å². The fourth-order valence-electron chi connectivity index (χ4n) is 4.39. The number of amides is 1. The Morgan fingerprint density at radius 2 is 1.77 bits per heavy atom. The number of aryl methyl sites for hydroxylation is 1. The minimum atomic E-state index is -4.74. The molecule has 0 aliphatic carbocycles. The first-order valence-electron chi connectivity index (χ1n) is 12.0. The van der Waals surface area contributed by atoms with Gasteiger partial charge in [-0.3, -0.25) is 10.1 Å². The second-order valence-corrected chi connectivity index (χ2v) is 9.05. The lowest BCUT2D eigenvalue weighted by molar-refractivity contribution is -0.142. The molecule has 3 heterocycles. The highest BCUT2D eigenvalue weighted by Gasteiger charge is 2.36. The molecule has 8 nitrogen and oxygen atoms in total. The maximum atomic E-state index is 14.1. The lowest BCUT2D eigenvalue weighted by Gasteiger charge is -2.13. The largest absolute Gasteiger partial charge is 0.433 e. The van der Waals surface area contributed by atoms with Gasteiger partial charge >= 0.3 is 6.18 Å². The molecule has 1 N–H and O–H groups in total. The molecule has 0 aliphatic rings. The highest BCUT2D eigenvalue weighted by atomic mass is 19.4. The quantitative estimate of drug-likeness (QED) is 0.308. The van der Waals surface area contributed by atoms with Crippen LogP contribution in [0.5, 0.6) is 0 Å². The van der Waals surface area contributed by atoms with Crippen molar-refractivity contribution >= 4 is 28.3 Å². The first-order valence-corrected chi connectivity index (χ1v) is 12.0. The number of fused-ring (bicyclic) bond motifs is 2. The van der Waals surface area contributed by atoms with Gasteiger partial charge in [0, 0.05) is 5.56 Å². The molecule has 0 spiro atoms. The fourth-order valence-corrected chi connectivity index (χ4v) is 4.39. The van der Waals surface area contributed by atoms with Crippen molar-refractivity contribution in [2.45, 2.75) is 19.6 Å². The van der Waals surface area contributed by atoms with E-state index in [1.54, 1.807) is 22.9 Å². The molecule has 194 valence electrons. The van der Waals surface area contributed by atoms with Crippen LogP contribution < -0.4 is 5.32 Å². The van der Waals surface area contributed by atoms with Crippen LogP contribution in [0.25, 0.3) is 27.7 Å². The van der Waals surface area contributed by atoms with Gasteiger partial charge in [0.25, 0.3) is 5.91 Å². The topological polar surface area (TPSA) is 90.0 Å². The number of hydrogen-bond acceptors (Lipinski definition) is 5. The smallest absolute Gasteiger partial charge is 0.289 e. The summed E-state index contributed by atoms with van der Waals surface area (Å²) in [5.41, 5.74) is 1.28. The van der Waals surface area contributed by atoms with Gasteiger partial charge in [-0.15, -0.1) is 5.10 Å². The molecule has 0 saturated heterocycles. The molecule has 3 aromatic carbocycles. The van der Waals surface area contributed by atoms with Crippen molar-refractivity contribution in [1.82, 2.24) is 29.4 Å². The third kappa shape index (κ3) is 4.70. The molecule has 0 unspecified atom stereocenters. The van der Waals surface area contributed by atoms with Crippen LogP contribution in [0.4, 0.5) is 19.1 Å². The van der Waals surface area contributed by atoms with Gasteiger partial charge in [0.15, 0.2) is 11.3 Å². The van der Waals surface area contributed by atoms with E-state index in [2.05, 4.69) is 25.5 Å². The number of aromatic nitrogens is 6. The lowest BCUT2D eigenvalue weighted by Crippen LogP contribution is -2.16. The third-order valence-electron chi connectivity index (χ3n) is 6.30. The average molecular weight is 528 g/mol. The summed E-state index contributed by atoms with van der Waals surface area (Å²) < 4.78 is 44.4. The molecule has 6 rings (SSSR count). The molecule has 6 aromatic rings. The van der Waals surface area contributed by atoms with Gasteiger partial charge in [-0.25, -0.2) is 19.2 Å². The summed E-state index contributed by atoms with van der Waals surface area (Å²) in [7, 11) is 0. The molecule has 0 fully saturated rings. The summed E-state index contributed by atoms with van der Waals surface area (Å²) in [6.07, 6.45) is -2.22. The predicted octanol–water partition coefficient (Wildman–Crippen LogP) is 5.77. The van der Waals surface area contributed by atoms with Crippen LogP contribution in [0.15, 0.2) is 85.3 Å². The Labute approximate surface area is 219 Å². The Morgan fingerprint density at radius 1 is 1.00 bits per heavy atom. The van der Waals surface area contributed by atoms with Crippen molar-refractivity contribution in [3.05, 3.63) is 108 Å². The Balaban J connectivity index is 1.36. The minimum Gasteiger partial charge on any atom is -0.289 e. The van der Waals surface area contributed by atoms with Crippen molar-refractivity contribution in [2.24, 2.45) is 0 Å². The average Bonchev–Trinajstić information content (AvgIpc) is 3.55. The van der Waals surface area contributed by atoms with Crippen molar-refractivity contribution in [2.75, 3.05) is 5.32 Å². The highest BCUT2D eigenvalue weighted by molar-refractivity contribution is 6.07. The van der Waals surface area contributed by atoms with Crippen LogP contribution in [0, 0.1) is 6.92 Å². The van der Waals surface area contributed by atoms with E-state index in [1.165, 1.54) is 6.33 Å². The van der Waals surface area contributed by atoms with Crippen LogP contribution >= 0.6 is 0 Å². The predicted molar refractivity (Wildman–Crippen MR) is 139 cm³/mol. The zero-order chi connectivity index (χ0) is 27.1. The number of carbonyl (C=O) groups is 1. The van der Waals surface area contributed by atoms with Crippen LogP contribution in [0.2, 0.25) is 0 Å². The molecule has 0 aliphatic heterocycles. The fraction of sp³-hybridized carbons (Fsp3) is 0.107. The van der Waals surface area contributed by atoms with Gasteiger partial charge in [-0.05, 0) is 29.3 Å². The summed E-state index contributed by atoms with van der Waals surface area (Å²) in [5, 5.41) is 12.2. The van der Waals surface area contributed by atoms with Gasteiger partial charge in [0.1, 0.15) is 11.9 Å². The maximum Gasteiger partial charge on any atom is 0.433 e. The molecular formula is C28H20F3N7O. The summed E-state index contributed by atoms with van der Waals surface area (Å²) in [4.78, 5) is 21.7. The molecule has 0 atom stereocenters. The number of benzene rings is 3. The molecular weight excluding hydrogens is 507 g/mol. The van der Waals surface area contributed by atoms with Gasteiger partial charge < -0.3 is 0 Å². The lowest BCUT2D eigenvalue weighted by atomic mass is 10.0. The van der Waals surface area contributed by atoms with Gasteiger partial charge in [-0.2, -0.15) is 18.3 Å². The van der Waals surface area contributed by atoms with E-state index in [0.717, 1.165) is 34.2 Å². The normalized spacial score (nSPS) is 11.8. The first-order chi connectivity index (χ1) is 18.8. The second kappa shape index (κ2) is 9.35. The first kappa shape index (κ1) is 24.3. The van der Waals surface area contributed by atoms with Crippen LogP contribution in [0.1, 0.15) is 27.2 Å². The van der Waals surface area contributed by atoms with E-state index in [0.29, 0.717) is 16.6 Å². The molecule has 0 saturated carbocycles. The van der Waals surface area contributed by atoms with Gasteiger partial charge in [-0.1, -0.05) is 72.3 Å². The Hall–Kier alpha value is -5.06. The molecule has 1 amide bonds. The van der Waals surface area contributed by atoms with Gasteiger partial charge in [0.2, 0.25) is 5.95 Å². The second-order valence-electron chi connectivity index (χ2n) is 9.05. The van der Waals surface area contributed by atoms with Crippen LogP contribution in [-0.4, -0.2) is 35.3 Å². The van der Waals surface area contributed by atoms with Gasteiger partial charge in [0.05, 0.1) is 18.4 Å². The molecule has 11 heteroatoms. The summed E-state index contributed by atoms with van der Waals surface area (Å²) in [5.74, 6) is -0.721. The number of alkyl halides is 3. The minimum absolute atomic E-state index is 0.00714. The van der Waals surface area contributed by atoms with Crippen molar-refractivity contribution in [3.8, 4) is 11.3 Å². The van der Waals surface area contributed by atoms with Crippen LogP contribution in [0.3, 0.4) is 0 Å². The molecule has 3 aromatic heterocycles. The third-order valence-corrected chi connectivity index (χ3v) is 6.30. The summed E-state index contributed by atoms with van der Waals surface area (Å²) in [6, 6.07) is 21.5. The number of anilines is 1. The maximum absolute atomic E-state index is 14.1. The van der Waals surface area contributed by atoms with E-state index < -0.39 is 17.8 Å². The Bertz CT molecular complexity index is 1830. The van der Waals surface area contributed by atoms with Crippen molar-refractivity contribution in [3.63, 3.8) is 0 Å². The SMILES string of the molecule is Cc1ccc(Cn2cnc(NC(=O)c3cnn4c(C(F)(F)F)cc(-c5cccc6ccccc56)nc34)n2)cc1. The highest BCUT2D eigenvalue weighted by Crippen LogP contribution is 2.35. The number of rotatable bonds is 5. The van der Waals surface area contributed by atoms with Crippen molar-refractivity contribution < 1.29 is 18.0 Å². The number of hydrogen-bond donors (Lipinski definition) is 1. The zero-order valence-corrected chi connectivity index (χ0v) is 20.5. The molecule has 0 radical (unpaired) electrons. The van der Waals surface area contributed by atoms with E-state index in [4.69, 9.17) is 0 Å². The molecule has 0 bridgehead atoms. The van der Waals surface area contributed by atoms with Crippen molar-refractivity contribution in [1.29, 1.82) is 0 Å². The standard InChI is InChI=1S/C28H20F3N7O/c1-17-9-11-18(12-10-17)15-37-16-32-27(36-37)35-26(39)22-14-33-38-24(28(29,30)31)13-23(34-25(22)38)21-8-4-6-19-5-2-3-7-20(19)21/h2-14,16H,15H2,1H3,(H,35,36,39). The van der Waals surface area contributed by atoms with E-state index >= 15 is 0 Å². The Morgan fingerprint density at radius 3 is 2.56 bits per heavy atom. The number of halogens is 3. The Kier molecular flexibility index (Phi) is 5.82. The molecule has 39 heavy (non-hydrogen) atoms. The van der Waals surface area contributed by atoms with E-state index in [1.807, 2.05) is 55.5 Å². The summed E-state index contributed by atoms with van der Waals surface area (Å²) >= 11 is 0. The zero-order valence-electron chi connectivity index (χ0n) is 20.5. The van der Waals surface area contributed by atoms with Crippen LogP contribution in [-0.2, 0) is 12.7 Å². The van der Waals surface area contributed by atoms with E-state index in [-0.39, 0.29) is 22.9 Å². The number of carbonyl (C=O) groups excluding carboxylic acids is 1. The monoisotopic (exact) mass is 527 g/mol. The number of nitrogens with zero attached hydrogens (tertiary/aromatic N) is 6. The number of nitrogens with one attached hydrogen (secondary N) is 1. The summed E-state index contributed by atoms with van der Waals surface area (Å²) in [6.45, 7) is 2.43.